The first-order valence-electron chi connectivity index (χ1n) is 7.89. The summed E-state index contributed by atoms with van der Waals surface area (Å²) < 4.78 is 0. The Morgan fingerprint density at radius 2 is 1.58 bits per heavy atom. The van der Waals surface area contributed by atoms with Crippen LogP contribution in [0.4, 0.5) is 23.1 Å². The second-order valence-electron chi connectivity index (χ2n) is 6.06. The normalized spacial score (nSPS) is 10.5. The van der Waals surface area contributed by atoms with E-state index < -0.39 is 0 Å². The van der Waals surface area contributed by atoms with Crippen LogP contribution in [0.25, 0.3) is 0 Å². The third-order valence-electron chi connectivity index (χ3n) is 3.76. The molecule has 0 saturated heterocycles. The maximum absolute atomic E-state index is 4.50. The van der Waals surface area contributed by atoms with Gasteiger partial charge in [0.05, 0.1) is 6.20 Å². The SMILES string of the molecule is Cc1cccc(Nc2cnnc(Nc3c(C)cc(C)cc3C)n2)c1. The summed E-state index contributed by atoms with van der Waals surface area (Å²) in [6.45, 7) is 8.29. The van der Waals surface area contributed by atoms with Crippen LogP contribution in [0.15, 0.2) is 42.6 Å². The molecule has 5 heteroatoms. The first-order chi connectivity index (χ1) is 11.5. The van der Waals surface area contributed by atoms with Gasteiger partial charge in [-0.1, -0.05) is 29.8 Å². The van der Waals surface area contributed by atoms with E-state index in [-0.39, 0.29) is 0 Å². The Hall–Kier alpha value is -2.95. The van der Waals surface area contributed by atoms with E-state index in [4.69, 9.17) is 0 Å². The number of hydrogen-bond donors (Lipinski definition) is 2. The number of hydrogen-bond acceptors (Lipinski definition) is 5. The topological polar surface area (TPSA) is 62.7 Å². The highest BCUT2D eigenvalue weighted by Crippen LogP contribution is 2.25. The van der Waals surface area contributed by atoms with Gasteiger partial charge in [-0.25, -0.2) is 0 Å². The molecule has 1 aromatic heterocycles. The summed E-state index contributed by atoms with van der Waals surface area (Å²) in [5.41, 5.74) is 6.75. The maximum Gasteiger partial charge on any atom is 0.249 e. The lowest BCUT2D eigenvalue weighted by Gasteiger charge is -2.13. The zero-order chi connectivity index (χ0) is 17.1. The number of nitrogens with one attached hydrogen (secondary N) is 2. The maximum atomic E-state index is 4.50. The van der Waals surface area contributed by atoms with Crippen LogP contribution < -0.4 is 10.6 Å². The van der Waals surface area contributed by atoms with Crippen molar-refractivity contribution < 1.29 is 0 Å². The number of anilines is 4. The molecule has 0 saturated carbocycles. The van der Waals surface area contributed by atoms with Crippen LogP contribution >= 0.6 is 0 Å². The lowest BCUT2D eigenvalue weighted by molar-refractivity contribution is 0.980. The minimum Gasteiger partial charge on any atom is -0.339 e. The van der Waals surface area contributed by atoms with Crippen molar-refractivity contribution >= 4 is 23.1 Å². The van der Waals surface area contributed by atoms with Crippen molar-refractivity contribution in [3.05, 3.63) is 64.8 Å². The Bertz CT molecular complexity index is 850. The molecule has 0 unspecified atom stereocenters. The molecule has 0 aliphatic rings. The molecule has 0 spiro atoms. The molecule has 0 amide bonds. The molecular weight excluding hydrogens is 298 g/mol. The van der Waals surface area contributed by atoms with E-state index in [2.05, 4.69) is 77.8 Å². The van der Waals surface area contributed by atoms with Crippen molar-refractivity contribution in [2.75, 3.05) is 10.6 Å². The van der Waals surface area contributed by atoms with E-state index in [0.29, 0.717) is 11.8 Å². The van der Waals surface area contributed by atoms with Gasteiger partial charge in [0.2, 0.25) is 5.95 Å². The van der Waals surface area contributed by atoms with E-state index in [1.807, 2.05) is 12.1 Å². The van der Waals surface area contributed by atoms with Crippen molar-refractivity contribution in [2.45, 2.75) is 27.7 Å². The molecule has 2 aromatic carbocycles. The van der Waals surface area contributed by atoms with Gasteiger partial charge in [-0.2, -0.15) is 10.1 Å². The molecule has 122 valence electrons. The summed E-state index contributed by atoms with van der Waals surface area (Å²) in [5, 5.41) is 14.7. The molecular formula is C19H21N5. The summed E-state index contributed by atoms with van der Waals surface area (Å²) in [6, 6.07) is 12.4. The highest BCUT2D eigenvalue weighted by Gasteiger charge is 2.07. The van der Waals surface area contributed by atoms with Gasteiger partial charge in [-0.05, 0) is 56.5 Å². The summed E-state index contributed by atoms with van der Waals surface area (Å²) in [5.74, 6) is 1.13. The van der Waals surface area contributed by atoms with Gasteiger partial charge < -0.3 is 10.6 Å². The third-order valence-corrected chi connectivity index (χ3v) is 3.76. The molecule has 24 heavy (non-hydrogen) atoms. The smallest absolute Gasteiger partial charge is 0.249 e. The Morgan fingerprint density at radius 1 is 0.833 bits per heavy atom. The van der Waals surface area contributed by atoms with Gasteiger partial charge >= 0.3 is 0 Å². The summed E-state index contributed by atoms with van der Waals surface area (Å²) in [4.78, 5) is 4.50. The van der Waals surface area contributed by atoms with Crippen molar-refractivity contribution in [3.8, 4) is 0 Å². The first-order valence-corrected chi connectivity index (χ1v) is 7.89. The van der Waals surface area contributed by atoms with E-state index >= 15 is 0 Å². The molecule has 3 rings (SSSR count). The monoisotopic (exact) mass is 319 g/mol. The minimum atomic E-state index is 0.475. The predicted octanol–water partition coefficient (Wildman–Crippen LogP) is 4.59. The van der Waals surface area contributed by atoms with Crippen molar-refractivity contribution in [3.63, 3.8) is 0 Å². The molecule has 2 N–H and O–H groups in total. The van der Waals surface area contributed by atoms with Gasteiger partial charge in [0.15, 0.2) is 5.82 Å². The lowest BCUT2D eigenvalue weighted by atomic mass is 10.1. The third kappa shape index (κ3) is 3.68. The van der Waals surface area contributed by atoms with Crippen molar-refractivity contribution in [2.24, 2.45) is 0 Å². The molecule has 0 atom stereocenters. The van der Waals surface area contributed by atoms with Gasteiger partial charge in [0, 0.05) is 11.4 Å². The fourth-order valence-electron chi connectivity index (χ4n) is 2.78. The van der Waals surface area contributed by atoms with Crippen LogP contribution in [0.5, 0.6) is 0 Å². The van der Waals surface area contributed by atoms with Gasteiger partial charge in [-0.3, -0.25) is 0 Å². The second kappa shape index (κ2) is 6.66. The van der Waals surface area contributed by atoms with Crippen LogP contribution in [-0.4, -0.2) is 15.2 Å². The standard InChI is InChI=1S/C19H21N5/c1-12-6-5-7-16(10-12)21-17-11-20-24-19(22-17)23-18-14(3)8-13(2)9-15(18)4/h5-11H,1-4H3,(H2,21,22,23,24). The highest BCUT2D eigenvalue weighted by atomic mass is 15.3. The van der Waals surface area contributed by atoms with Gasteiger partial charge in [0.1, 0.15) is 0 Å². The highest BCUT2D eigenvalue weighted by molar-refractivity contribution is 5.65. The number of aryl methyl sites for hydroxylation is 4. The molecule has 1 heterocycles. The average Bonchev–Trinajstić information content (AvgIpc) is 2.51. The zero-order valence-corrected chi connectivity index (χ0v) is 14.4. The molecule has 0 aliphatic heterocycles. The predicted molar refractivity (Wildman–Crippen MR) is 98.2 cm³/mol. The van der Waals surface area contributed by atoms with Crippen LogP contribution in [0.2, 0.25) is 0 Å². The van der Waals surface area contributed by atoms with E-state index in [0.717, 1.165) is 22.5 Å². The van der Waals surface area contributed by atoms with Crippen LogP contribution in [0.1, 0.15) is 22.3 Å². The fraction of sp³-hybridized carbons (Fsp3) is 0.211. The Labute approximate surface area is 142 Å². The quantitative estimate of drug-likeness (QED) is 0.736. The van der Waals surface area contributed by atoms with E-state index in [1.165, 1.54) is 11.1 Å². The second-order valence-corrected chi connectivity index (χ2v) is 6.06. The number of rotatable bonds is 4. The molecule has 3 aromatic rings. The zero-order valence-electron chi connectivity index (χ0n) is 14.4. The number of benzene rings is 2. The molecule has 0 aliphatic carbocycles. The first kappa shape index (κ1) is 15.9. The van der Waals surface area contributed by atoms with Crippen LogP contribution in [0.3, 0.4) is 0 Å². The Kier molecular flexibility index (Phi) is 4.42. The summed E-state index contributed by atoms with van der Waals surface area (Å²) in [6.07, 6.45) is 1.61. The average molecular weight is 319 g/mol. The molecule has 0 radical (unpaired) electrons. The largest absolute Gasteiger partial charge is 0.339 e. The lowest BCUT2D eigenvalue weighted by Crippen LogP contribution is -2.04. The van der Waals surface area contributed by atoms with Gasteiger partial charge in [0.25, 0.3) is 0 Å². The summed E-state index contributed by atoms with van der Waals surface area (Å²) in [7, 11) is 0. The van der Waals surface area contributed by atoms with Gasteiger partial charge in [-0.15, -0.1) is 5.10 Å². The minimum absolute atomic E-state index is 0.475. The molecule has 0 bridgehead atoms. The van der Waals surface area contributed by atoms with E-state index in [1.54, 1.807) is 6.20 Å². The van der Waals surface area contributed by atoms with Crippen LogP contribution in [-0.2, 0) is 0 Å². The Morgan fingerprint density at radius 3 is 2.29 bits per heavy atom. The molecule has 0 fully saturated rings. The summed E-state index contributed by atoms with van der Waals surface area (Å²) >= 11 is 0. The van der Waals surface area contributed by atoms with Crippen LogP contribution in [0, 0.1) is 27.7 Å². The molecule has 5 nitrogen and oxygen atoms in total. The number of nitrogens with zero attached hydrogens (tertiary/aromatic N) is 3. The van der Waals surface area contributed by atoms with Crippen molar-refractivity contribution in [1.29, 1.82) is 0 Å². The van der Waals surface area contributed by atoms with Crippen molar-refractivity contribution in [1.82, 2.24) is 15.2 Å². The Balaban J connectivity index is 1.83. The van der Waals surface area contributed by atoms with E-state index in [9.17, 15) is 0 Å². The number of aromatic nitrogens is 3. The fourth-order valence-corrected chi connectivity index (χ4v) is 2.78.